The summed E-state index contributed by atoms with van der Waals surface area (Å²) in [5.41, 5.74) is 1.83. The molecule has 3 heteroatoms. The minimum absolute atomic E-state index is 0.223. The Morgan fingerprint density at radius 2 is 1.91 bits per heavy atom. The van der Waals surface area contributed by atoms with E-state index < -0.39 is 0 Å². The van der Waals surface area contributed by atoms with Gasteiger partial charge in [-0.1, -0.05) is 37.3 Å². The van der Waals surface area contributed by atoms with Gasteiger partial charge in [0.15, 0.2) is 0 Å². The van der Waals surface area contributed by atoms with E-state index in [1.807, 2.05) is 0 Å². The van der Waals surface area contributed by atoms with Gasteiger partial charge in [0, 0.05) is 18.5 Å². The lowest BCUT2D eigenvalue weighted by Gasteiger charge is -2.38. The Hall–Kier alpha value is -1.35. The molecule has 1 saturated carbocycles. The van der Waals surface area contributed by atoms with E-state index in [-0.39, 0.29) is 5.91 Å². The average molecular weight is 300 g/mol. The first-order valence-electron chi connectivity index (χ1n) is 8.74. The Morgan fingerprint density at radius 3 is 2.55 bits per heavy atom. The molecule has 2 fully saturated rings. The van der Waals surface area contributed by atoms with Gasteiger partial charge in [-0.2, -0.15) is 0 Å². The molecule has 0 bridgehead atoms. The fraction of sp³-hybridized carbons (Fsp3) is 0.632. The van der Waals surface area contributed by atoms with Crippen LogP contribution in [0.15, 0.2) is 30.3 Å². The van der Waals surface area contributed by atoms with Crippen LogP contribution >= 0.6 is 0 Å². The lowest BCUT2D eigenvalue weighted by atomic mass is 9.69. The van der Waals surface area contributed by atoms with E-state index in [1.54, 1.807) is 0 Å². The first-order valence-corrected chi connectivity index (χ1v) is 8.74. The summed E-state index contributed by atoms with van der Waals surface area (Å²) in [4.78, 5) is 11.2. The monoisotopic (exact) mass is 300 g/mol. The fourth-order valence-electron chi connectivity index (χ4n) is 3.94. The van der Waals surface area contributed by atoms with Crippen LogP contribution < -0.4 is 10.6 Å². The van der Waals surface area contributed by atoms with Crippen molar-refractivity contribution < 1.29 is 4.79 Å². The van der Waals surface area contributed by atoms with Crippen LogP contribution in [0, 0.1) is 0 Å². The zero-order valence-electron chi connectivity index (χ0n) is 13.6. The normalized spacial score (nSPS) is 32.0. The first kappa shape index (κ1) is 15.5. The number of carbonyl (C=O) groups excluding carboxylic acids is 1. The topological polar surface area (TPSA) is 41.1 Å². The van der Waals surface area contributed by atoms with Crippen molar-refractivity contribution in [1.29, 1.82) is 0 Å². The molecule has 0 aromatic heterocycles. The van der Waals surface area contributed by atoms with Gasteiger partial charge < -0.3 is 10.6 Å². The van der Waals surface area contributed by atoms with Crippen LogP contribution in [0.2, 0.25) is 0 Å². The zero-order valence-corrected chi connectivity index (χ0v) is 13.6. The average Bonchev–Trinajstić information content (AvgIpc) is 2.96. The molecule has 1 amide bonds. The molecule has 1 heterocycles. The SMILES string of the molecule is CC1(c2ccccc2)CCC(NCCC2CCC(=O)N2)CC1. The molecule has 2 aliphatic rings. The van der Waals surface area contributed by atoms with Crippen molar-refractivity contribution in [3.8, 4) is 0 Å². The van der Waals surface area contributed by atoms with Crippen molar-refractivity contribution in [1.82, 2.24) is 10.6 Å². The number of amides is 1. The van der Waals surface area contributed by atoms with Crippen molar-refractivity contribution in [3.63, 3.8) is 0 Å². The molecule has 1 unspecified atom stereocenters. The van der Waals surface area contributed by atoms with Crippen molar-refractivity contribution in [3.05, 3.63) is 35.9 Å². The maximum absolute atomic E-state index is 11.2. The fourth-order valence-corrected chi connectivity index (χ4v) is 3.94. The van der Waals surface area contributed by atoms with Crippen LogP contribution in [-0.2, 0) is 10.2 Å². The van der Waals surface area contributed by atoms with Gasteiger partial charge in [0.1, 0.15) is 0 Å². The molecule has 120 valence electrons. The first-order chi connectivity index (χ1) is 10.7. The van der Waals surface area contributed by atoms with Crippen molar-refractivity contribution >= 4 is 5.91 Å². The Morgan fingerprint density at radius 1 is 1.18 bits per heavy atom. The molecule has 0 spiro atoms. The summed E-state index contributed by atoms with van der Waals surface area (Å²) in [5.74, 6) is 0.223. The highest BCUT2D eigenvalue weighted by Crippen LogP contribution is 2.38. The number of hydrogen-bond acceptors (Lipinski definition) is 2. The molecule has 3 rings (SSSR count). The summed E-state index contributed by atoms with van der Waals surface area (Å²) in [6, 6.07) is 12.0. The molecule has 0 radical (unpaired) electrons. The molecular formula is C19H28N2O. The van der Waals surface area contributed by atoms with Gasteiger partial charge in [-0.3, -0.25) is 4.79 Å². The molecule has 1 aliphatic heterocycles. The van der Waals surface area contributed by atoms with Crippen LogP contribution in [-0.4, -0.2) is 24.5 Å². The van der Waals surface area contributed by atoms with E-state index in [1.165, 1.54) is 31.2 Å². The lowest BCUT2D eigenvalue weighted by Crippen LogP contribution is -2.40. The predicted octanol–water partition coefficient (Wildman–Crippen LogP) is 3.15. The molecule has 3 nitrogen and oxygen atoms in total. The maximum atomic E-state index is 11.2. The molecule has 1 atom stereocenters. The molecule has 1 saturated heterocycles. The molecule has 2 N–H and O–H groups in total. The minimum Gasteiger partial charge on any atom is -0.353 e. The maximum Gasteiger partial charge on any atom is 0.220 e. The van der Waals surface area contributed by atoms with E-state index in [0.29, 0.717) is 23.9 Å². The van der Waals surface area contributed by atoms with Crippen LogP contribution in [0.4, 0.5) is 0 Å². The largest absolute Gasteiger partial charge is 0.353 e. The number of rotatable bonds is 5. The lowest BCUT2D eigenvalue weighted by molar-refractivity contribution is -0.119. The number of hydrogen-bond donors (Lipinski definition) is 2. The summed E-state index contributed by atoms with van der Waals surface area (Å²) in [5, 5.41) is 6.75. The van der Waals surface area contributed by atoms with Gasteiger partial charge in [-0.15, -0.1) is 0 Å². The van der Waals surface area contributed by atoms with E-state index >= 15 is 0 Å². The van der Waals surface area contributed by atoms with Gasteiger partial charge in [0.25, 0.3) is 0 Å². The van der Waals surface area contributed by atoms with Crippen LogP contribution in [0.25, 0.3) is 0 Å². The van der Waals surface area contributed by atoms with E-state index in [9.17, 15) is 4.79 Å². The van der Waals surface area contributed by atoms with Crippen LogP contribution in [0.5, 0.6) is 0 Å². The number of nitrogens with one attached hydrogen (secondary N) is 2. The summed E-state index contributed by atoms with van der Waals surface area (Å²) in [6.45, 7) is 3.43. The van der Waals surface area contributed by atoms with Crippen molar-refractivity contribution in [2.45, 2.75) is 69.4 Å². The number of benzene rings is 1. The minimum atomic E-state index is 0.223. The highest BCUT2D eigenvalue weighted by molar-refractivity contribution is 5.78. The molecular weight excluding hydrogens is 272 g/mol. The second kappa shape index (κ2) is 6.82. The molecule has 1 aromatic rings. The van der Waals surface area contributed by atoms with Gasteiger partial charge in [0.05, 0.1) is 0 Å². The predicted molar refractivity (Wildman–Crippen MR) is 89.8 cm³/mol. The van der Waals surface area contributed by atoms with Gasteiger partial charge in [-0.25, -0.2) is 0 Å². The van der Waals surface area contributed by atoms with Gasteiger partial charge in [0.2, 0.25) is 5.91 Å². The summed E-state index contributed by atoms with van der Waals surface area (Å²) < 4.78 is 0. The smallest absolute Gasteiger partial charge is 0.220 e. The Labute approximate surface area is 133 Å². The van der Waals surface area contributed by atoms with Crippen LogP contribution in [0.3, 0.4) is 0 Å². The van der Waals surface area contributed by atoms with E-state index in [0.717, 1.165) is 19.4 Å². The summed E-state index contributed by atoms with van der Waals surface area (Å²) in [7, 11) is 0. The summed E-state index contributed by atoms with van der Waals surface area (Å²) in [6.07, 6.45) is 7.81. The quantitative estimate of drug-likeness (QED) is 0.877. The standard InChI is InChI=1S/C19H28N2O/c1-19(15-5-3-2-4-6-15)12-9-16(10-13-19)20-14-11-17-7-8-18(22)21-17/h2-6,16-17,20H,7-14H2,1H3,(H,21,22). The Kier molecular flexibility index (Phi) is 4.82. The highest BCUT2D eigenvalue weighted by atomic mass is 16.1. The van der Waals surface area contributed by atoms with Gasteiger partial charge >= 0.3 is 0 Å². The van der Waals surface area contributed by atoms with E-state index in [4.69, 9.17) is 0 Å². The van der Waals surface area contributed by atoms with Gasteiger partial charge in [-0.05, 0) is 56.0 Å². The Bertz CT molecular complexity index is 491. The third-order valence-electron chi connectivity index (χ3n) is 5.57. The van der Waals surface area contributed by atoms with Crippen LogP contribution in [0.1, 0.15) is 57.4 Å². The van der Waals surface area contributed by atoms with Crippen molar-refractivity contribution in [2.75, 3.05) is 6.54 Å². The third kappa shape index (κ3) is 3.70. The molecule has 1 aliphatic carbocycles. The molecule has 22 heavy (non-hydrogen) atoms. The second-order valence-corrected chi connectivity index (χ2v) is 7.25. The summed E-state index contributed by atoms with van der Waals surface area (Å²) >= 11 is 0. The zero-order chi connectivity index (χ0) is 15.4. The number of carbonyl (C=O) groups is 1. The third-order valence-corrected chi connectivity index (χ3v) is 5.57. The Balaban J connectivity index is 1.41. The van der Waals surface area contributed by atoms with Crippen molar-refractivity contribution in [2.24, 2.45) is 0 Å². The van der Waals surface area contributed by atoms with E-state index in [2.05, 4.69) is 47.9 Å². The molecule has 1 aromatic carbocycles. The highest BCUT2D eigenvalue weighted by Gasteiger charge is 2.32. The second-order valence-electron chi connectivity index (χ2n) is 7.25.